The molecule has 2 N–H and O–H groups in total. The van der Waals surface area contributed by atoms with E-state index in [-0.39, 0.29) is 17.1 Å². The van der Waals surface area contributed by atoms with Gasteiger partial charge in [0, 0.05) is 30.9 Å². The maximum atomic E-state index is 13.8. The SMILES string of the molecule is Nc1cc(C(F)(F)F)c(-c2cc(N3CCOc4ccccc43)nc(N3CCOCC3)n2)cn1. The number of morpholine rings is 1. The number of rotatable bonds is 3. The van der Waals surface area contributed by atoms with E-state index in [1.807, 2.05) is 34.1 Å². The number of fused-ring (bicyclic) bond motifs is 1. The zero-order chi connectivity index (χ0) is 23.0. The van der Waals surface area contributed by atoms with Crippen molar-refractivity contribution >= 4 is 23.3 Å². The summed E-state index contributed by atoms with van der Waals surface area (Å²) < 4.78 is 52.7. The van der Waals surface area contributed by atoms with Gasteiger partial charge in [-0.2, -0.15) is 18.2 Å². The highest BCUT2D eigenvalue weighted by Crippen LogP contribution is 2.40. The van der Waals surface area contributed by atoms with Gasteiger partial charge in [-0.3, -0.25) is 0 Å². The summed E-state index contributed by atoms with van der Waals surface area (Å²) in [6.07, 6.45) is -3.51. The van der Waals surface area contributed by atoms with Gasteiger partial charge < -0.3 is 25.0 Å². The maximum Gasteiger partial charge on any atom is 0.417 e. The Morgan fingerprint density at radius 3 is 2.55 bits per heavy atom. The maximum absolute atomic E-state index is 13.8. The fourth-order valence-electron chi connectivity index (χ4n) is 3.92. The van der Waals surface area contributed by atoms with Crippen molar-refractivity contribution in [3.63, 3.8) is 0 Å². The van der Waals surface area contributed by atoms with Crippen LogP contribution >= 0.6 is 0 Å². The topological polar surface area (TPSA) is 89.6 Å². The van der Waals surface area contributed by atoms with Gasteiger partial charge in [-0.05, 0) is 18.2 Å². The second-order valence-corrected chi connectivity index (χ2v) is 7.63. The van der Waals surface area contributed by atoms with E-state index in [9.17, 15) is 13.2 Å². The molecule has 1 saturated heterocycles. The van der Waals surface area contributed by atoms with Crippen LogP contribution in [0, 0.1) is 0 Å². The van der Waals surface area contributed by atoms with Crippen molar-refractivity contribution < 1.29 is 22.6 Å². The van der Waals surface area contributed by atoms with Gasteiger partial charge >= 0.3 is 6.18 Å². The predicted molar refractivity (Wildman–Crippen MR) is 117 cm³/mol. The second-order valence-electron chi connectivity index (χ2n) is 7.63. The fraction of sp³-hybridized carbons (Fsp3) is 0.318. The van der Waals surface area contributed by atoms with Crippen molar-refractivity contribution in [2.45, 2.75) is 6.18 Å². The number of aromatic nitrogens is 3. The lowest BCUT2D eigenvalue weighted by Gasteiger charge is -2.32. The first kappa shape index (κ1) is 21.3. The molecule has 3 aromatic rings. The number of alkyl halides is 3. The van der Waals surface area contributed by atoms with E-state index >= 15 is 0 Å². The molecule has 5 rings (SSSR count). The number of pyridine rings is 1. The average Bonchev–Trinajstić information content (AvgIpc) is 2.83. The van der Waals surface area contributed by atoms with Crippen molar-refractivity contribution in [1.29, 1.82) is 0 Å². The molecule has 8 nitrogen and oxygen atoms in total. The summed E-state index contributed by atoms with van der Waals surface area (Å²) >= 11 is 0. The molecule has 0 saturated carbocycles. The number of anilines is 4. The molecule has 172 valence electrons. The second kappa shape index (κ2) is 8.39. The Bertz CT molecular complexity index is 1170. The van der Waals surface area contributed by atoms with Crippen LogP contribution in [0.2, 0.25) is 0 Å². The molecule has 2 aliphatic heterocycles. The largest absolute Gasteiger partial charge is 0.490 e. The number of benzene rings is 1. The molecular formula is C22H21F3N6O2. The Morgan fingerprint density at radius 1 is 0.970 bits per heavy atom. The molecule has 11 heteroatoms. The summed E-state index contributed by atoms with van der Waals surface area (Å²) in [5.41, 5.74) is 5.41. The van der Waals surface area contributed by atoms with Crippen LogP contribution in [0.5, 0.6) is 5.75 Å². The van der Waals surface area contributed by atoms with Crippen LogP contribution in [0.25, 0.3) is 11.3 Å². The van der Waals surface area contributed by atoms with E-state index in [1.165, 1.54) is 0 Å². The number of hydrogen-bond donors (Lipinski definition) is 1. The Morgan fingerprint density at radius 2 is 1.76 bits per heavy atom. The number of nitrogens with zero attached hydrogens (tertiary/aromatic N) is 5. The first-order chi connectivity index (χ1) is 15.9. The highest BCUT2D eigenvalue weighted by atomic mass is 19.4. The smallest absolute Gasteiger partial charge is 0.417 e. The standard InChI is InChI=1S/C22H21F3N6O2/c23-22(24,25)15-11-19(26)27-13-14(15)16-12-20(29-21(28-16)30-5-8-32-9-6-30)31-7-10-33-18-4-2-1-3-17(18)31/h1-4,11-13H,5-10H2,(H2,26,27). The van der Waals surface area contributed by atoms with Crippen LogP contribution in [0.15, 0.2) is 42.6 Å². The Hall–Kier alpha value is -3.60. The van der Waals surface area contributed by atoms with E-state index in [2.05, 4.69) is 9.97 Å². The lowest BCUT2D eigenvalue weighted by Crippen LogP contribution is -2.38. The highest BCUT2D eigenvalue weighted by molar-refractivity contribution is 5.74. The summed E-state index contributed by atoms with van der Waals surface area (Å²) in [6, 6.07) is 9.85. The molecule has 0 radical (unpaired) electrons. The summed E-state index contributed by atoms with van der Waals surface area (Å²) in [5.74, 6) is 1.28. The summed E-state index contributed by atoms with van der Waals surface area (Å²) in [7, 11) is 0. The van der Waals surface area contributed by atoms with E-state index in [4.69, 9.17) is 20.2 Å². The van der Waals surface area contributed by atoms with Crippen LogP contribution < -0.4 is 20.3 Å². The molecule has 0 amide bonds. The minimum absolute atomic E-state index is 0.116. The normalized spacial score (nSPS) is 16.3. The zero-order valence-electron chi connectivity index (χ0n) is 17.5. The number of hydrogen-bond acceptors (Lipinski definition) is 8. The number of halogens is 3. The van der Waals surface area contributed by atoms with E-state index in [0.717, 1.165) is 18.0 Å². The fourth-order valence-corrected chi connectivity index (χ4v) is 3.92. The molecule has 0 bridgehead atoms. The van der Waals surface area contributed by atoms with E-state index in [0.29, 0.717) is 57.0 Å². The molecule has 1 fully saturated rings. The van der Waals surface area contributed by atoms with Crippen LogP contribution in [0.1, 0.15) is 5.56 Å². The number of ether oxygens (including phenoxy) is 2. The van der Waals surface area contributed by atoms with Crippen molar-refractivity contribution in [3.05, 3.63) is 48.2 Å². The molecule has 0 unspecified atom stereocenters. The minimum Gasteiger partial charge on any atom is -0.490 e. The van der Waals surface area contributed by atoms with Gasteiger partial charge in [0.25, 0.3) is 0 Å². The summed E-state index contributed by atoms with van der Waals surface area (Å²) in [6.45, 7) is 2.95. The lowest BCUT2D eigenvalue weighted by atomic mass is 10.1. The van der Waals surface area contributed by atoms with E-state index in [1.54, 1.807) is 6.07 Å². The first-order valence-corrected chi connectivity index (χ1v) is 10.4. The molecule has 1 aromatic carbocycles. The zero-order valence-corrected chi connectivity index (χ0v) is 17.5. The van der Waals surface area contributed by atoms with Crippen LogP contribution in [0.3, 0.4) is 0 Å². The minimum atomic E-state index is -4.62. The van der Waals surface area contributed by atoms with Gasteiger partial charge in [-0.25, -0.2) is 9.97 Å². The quantitative estimate of drug-likeness (QED) is 0.638. The van der Waals surface area contributed by atoms with Crippen LogP contribution in [-0.4, -0.2) is 54.4 Å². The van der Waals surface area contributed by atoms with Gasteiger partial charge in [0.05, 0.1) is 36.7 Å². The monoisotopic (exact) mass is 458 g/mol. The van der Waals surface area contributed by atoms with Crippen LogP contribution in [0.4, 0.5) is 36.4 Å². The number of para-hydroxylation sites is 2. The molecule has 0 atom stereocenters. The molecule has 2 aliphatic rings. The van der Waals surface area contributed by atoms with Crippen molar-refractivity contribution in [3.8, 4) is 17.0 Å². The number of nitrogens with two attached hydrogens (primary N) is 1. The Kier molecular flexibility index (Phi) is 5.41. The summed E-state index contributed by atoms with van der Waals surface area (Å²) in [4.78, 5) is 16.9. The Labute approximate surface area is 187 Å². The molecule has 2 aromatic heterocycles. The first-order valence-electron chi connectivity index (χ1n) is 10.4. The van der Waals surface area contributed by atoms with Gasteiger partial charge in [-0.15, -0.1) is 0 Å². The molecule has 0 aliphatic carbocycles. The van der Waals surface area contributed by atoms with Crippen molar-refractivity contribution in [2.24, 2.45) is 0 Å². The third-order valence-electron chi connectivity index (χ3n) is 5.51. The lowest BCUT2D eigenvalue weighted by molar-refractivity contribution is -0.137. The third-order valence-corrected chi connectivity index (χ3v) is 5.51. The molecule has 33 heavy (non-hydrogen) atoms. The summed E-state index contributed by atoms with van der Waals surface area (Å²) in [5, 5.41) is 0. The van der Waals surface area contributed by atoms with Crippen LogP contribution in [-0.2, 0) is 10.9 Å². The van der Waals surface area contributed by atoms with Gasteiger partial charge in [0.1, 0.15) is 24.0 Å². The van der Waals surface area contributed by atoms with E-state index < -0.39 is 11.7 Å². The molecule has 0 spiro atoms. The van der Waals surface area contributed by atoms with Gasteiger partial charge in [0.15, 0.2) is 0 Å². The van der Waals surface area contributed by atoms with Crippen molar-refractivity contribution in [1.82, 2.24) is 15.0 Å². The molecular weight excluding hydrogens is 437 g/mol. The average molecular weight is 458 g/mol. The Balaban J connectivity index is 1.67. The third kappa shape index (κ3) is 4.23. The highest BCUT2D eigenvalue weighted by Gasteiger charge is 2.35. The predicted octanol–water partition coefficient (Wildman–Crippen LogP) is 3.51. The van der Waals surface area contributed by atoms with Gasteiger partial charge in [0.2, 0.25) is 5.95 Å². The van der Waals surface area contributed by atoms with Crippen molar-refractivity contribution in [2.75, 3.05) is 55.0 Å². The van der Waals surface area contributed by atoms with Gasteiger partial charge in [-0.1, -0.05) is 12.1 Å². The number of nitrogen functional groups attached to an aromatic ring is 1. The molecule has 4 heterocycles.